The number of rotatable bonds is 11. The number of carbonyl (C=O) groups excluding carboxylic acids is 4. The quantitative estimate of drug-likeness (QED) is 0.181. The summed E-state index contributed by atoms with van der Waals surface area (Å²) in [5.74, 6) is -5.17. The molecule has 7 atom stereocenters. The number of ether oxygens (including phenoxy) is 3. The largest absolute Gasteiger partial charge is 0.494 e. The van der Waals surface area contributed by atoms with Crippen LogP contribution < -0.4 is 24.8 Å². The van der Waals surface area contributed by atoms with Gasteiger partial charge in [-0.1, -0.05) is 32.4 Å². The summed E-state index contributed by atoms with van der Waals surface area (Å²) in [6.07, 6.45) is 0.560. The van der Waals surface area contributed by atoms with Crippen LogP contribution in [0.4, 0.5) is 22.4 Å². The summed E-state index contributed by atoms with van der Waals surface area (Å²) in [4.78, 5) is 62.1. The van der Waals surface area contributed by atoms with E-state index in [-0.39, 0.29) is 56.4 Å². The van der Waals surface area contributed by atoms with Crippen LogP contribution in [0.2, 0.25) is 0 Å². The highest BCUT2D eigenvalue weighted by molar-refractivity contribution is 7.91. The summed E-state index contributed by atoms with van der Waals surface area (Å²) in [7, 11) is -3.03. The number of aliphatic hydroxyl groups is 1. The number of carbonyl (C=O) groups is 4. The second-order valence-corrected chi connectivity index (χ2v) is 19.4. The first-order valence-corrected chi connectivity index (χ1v) is 21.9. The standard InChI is InChI=1S/C41H53F4N5O10S/c1-6-25-15-23(2)9-7-8-10-27-19-40(27,36(54)49-61(56,57)39(22-51)12-13-39)48-33(52)30-16-24(21-59-34-28-18-29(42)31(58-5)17-26(28)11-14-46-34)20-50(30)35(53)32(25)47-37(55)60-38(3,4)41(43,44)45/h8,10-11,14,17-18,23-25,27,30,32,51H,6-7,9,12-13,15-16,19-22H2,1-5H3,(H,47,55)(H,48,52)(H,49,54). The fourth-order valence-electron chi connectivity index (χ4n) is 8.23. The molecule has 336 valence electrons. The Hall–Kier alpha value is -4.72. The van der Waals surface area contributed by atoms with Crippen LogP contribution in [0.3, 0.4) is 0 Å². The Bertz CT molecular complexity index is 2170. The summed E-state index contributed by atoms with van der Waals surface area (Å²) >= 11 is 0. The summed E-state index contributed by atoms with van der Waals surface area (Å²) in [5.41, 5.74) is -4.65. The highest BCUT2D eigenvalue weighted by Gasteiger charge is 2.64. The minimum absolute atomic E-state index is 0.00104. The molecule has 61 heavy (non-hydrogen) atoms. The molecule has 1 saturated heterocycles. The van der Waals surface area contributed by atoms with E-state index in [9.17, 15) is 50.3 Å². The van der Waals surface area contributed by atoms with E-state index < -0.39 is 98.2 Å². The van der Waals surface area contributed by atoms with Gasteiger partial charge in [0.05, 0.1) is 20.3 Å². The van der Waals surface area contributed by atoms with Crippen molar-refractivity contribution >= 4 is 44.6 Å². The number of amides is 4. The number of allylic oxidation sites excluding steroid dienone is 1. The molecule has 2 aliphatic carbocycles. The van der Waals surface area contributed by atoms with E-state index in [4.69, 9.17) is 14.2 Å². The third kappa shape index (κ3) is 9.39. The van der Waals surface area contributed by atoms with Gasteiger partial charge >= 0.3 is 12.3 Å². The van der Waals surface area contributed by atoms with E-state index in [2.05, 4.69) is 20.3 Å². The Morgan fingerprint density at radius 2 is 1.87 bits per heavy atom. The molecule has 3 fully saturated rings. The molecule has 2 aliphatic heterocycles. The molecular weight excluding hydrogens is 831 g/mol. The molecule has 1 aromatic carbocycles. The SMILES string of the molecule is CCC1CC(C)CCC=CC2CC2(C(=O)NS(=O)(=O)C2(CO)CC2)NC(=O)C2CC(COc3nccc4cc(OC)c(F)cc34)CN2C(=O)C1NC(=O)OC(C)(C)C(F)(F)F. The fraction of sp³-hybridized carbons (Fsp3) is 0.634. The first-order chi connectivity index (χ1) is 28.6. The summed E-state index contributed by atoms with van der Waals surface area (Å²) < 4.78 is 99.3. The second-order valence-electron chi connectivity index (χ2n) is 17.3. The van der Waals surface area contributed by atoms with Crippen molar-refractivity contribution in [3.8, 4) is 11.6 Å². The molecule has 2 aromatic rings. The lowest BCUT2D eigenvalue weighted by molar-refractivity contribution is -0.244. The molecule has 2 saturated carbocycles. The van der Waals surface area contributed by atoms with Crippen LogP contribution in [0.25, 0.3) is 10.8 Å². The fourth-order valence-corrected chi connectivity index (χ4v) is 9.68. The van der Waals surface area contributed by atoms with Crippen LogP contribution >= 0.6 is 0 Å². The Kier molecular flexibility index (Phi) is 12.9. The molecule has 6 rings (SSSR count). The van der Waals surface area contributed by atoms with Crippen LogP contribution in [0, 0.1) is 29.5 Å². The maximum atomic E-state index is 14.9. The number of alkyl halides is 3. The molecule has 0 bridgehead atoms. The average molecular weight is 884 g/mol. The third-order valence-corrected chi connectivity index (χ3v) is 14.7. The highest BCUT2D eigenvalue weighted by atomic mass is 32.2. The number of halogens is 4. The molecule has 1 aromatic heterocycles. The molecule has 7 unspecified atom stereocenters. The van der Waals surface area contributed by atoms with Crippen molar-refractivity contribution in [1.29, 1.82) is 0 Å². The highest BCUT2D eigenvalue weighted by Crippen LogP contribution is 2.48. The summed E-state index contributed by atoms with van der Waals surface area (Å²) in [6, 6.07) is 1.50. The van der Waals surface area contributed by atoms with Crippen molar-refractivity contribution in [2.24, 2.45) is 23.7 Å². The Morgan fingerprint density at radius 1 is 1.15 bits per heavy atom. The van der Waals surface area contributed by atoms with Crippen molar-refractivity contribution in [3.63, 3.8) is 0 Å². The number of benzene rings is 1. The number of alkyl carbamates (subject to hydrolysis) is 1. The average Bonchev–Trinajstić information content (AvgIpc) is 4.10. The van der Waals surface area contributed by atoms with Crippen molar-refractivity contribution in [2.75, 3.05) is 26.9 Å². The molecule has 20 heteroatoms. The predicted molar refractivity (Wildman–Crippen MR) is 212 cm³/mol. The zero-order chi connectivity index (χ0) is 44.7. The van der Waals surface area contributed by atoms with Gasteiger partial charge in [0.1, 0.15) is 22.4 Å². The van der Waals surface area contributed by atoms with Gasteiger partial charge in [0.15, 0.2) is 11.6 Å². The van der Waals surface area contributed by atoms with E-state index >= 15 is 0 Å². The van der Waals surface area contributed by atoms with Gasteiger partial charge in [-0.15, -0.1) is 0 Å². The number of aliphatic hydroxyl groups excluding tert-OH is 1. The molecule has 0 radical (unpaired) electrons. The molecule has 15 nitrogen and oxygen atoms in total. The molecule has 4 amide bonds. The lowest BCUT2D eigenvalue weighted by Gasteiger charge is -2.35. The number of sulfonamides is 1. The zero-order valence-electron chi connectivity index (χ0n) is 34.6. The monoisotopic (exact) mass is 883 g/mol. The molecule has 0 spiro atoms. The van der Waals surface area contributed by atoms with Gasteiger partial charge in [-0.2, -0.15) is 13.2 Å². The Morgan fingerprint density at radius 3 is 2.51 bits per heavy atom. The van der Waals surface area contributed by atoms with Gasteiger partial charge < -0.3 is 34.9 Å². The number of methoxy groups -OCH3 is 1. The topological polar surface area (TPSA) is 203 Å². The molecular formula is C41H53F4N5O10S. The first-order valence-electron chi connectivity index (χ1n) is 20.4. The minimum atomic E-state index is -4.94. The lowest BCUT2D eigenvalue weighted by atomic mass is 9.85. The number of pyridine rings is 1. The summed E-state index contributed by atoms with van der Waals surface area (Å²) in [6.45, 7) is 4.03. The molecule has 4 aliphatic rings. The number of nitrogens with zero attached hydrogens (tertiary/aromatic N) is 2. The van der Waals surface area contributed by atoms with Crippen LogP contribution in [-0.4, -0.2) is 108 Å². The third-order valence-electron chi connectivity index (χ3n) is 12.6. The van der Waals surface area contributed by atoms with Crippen molar-refractivity contribution < 1.29 is 64.5 Å². The van der Waals surface area contributed by atoms with Crippen LogP contribution in [0.15, 0.2) is 36.5 Å². The van der Waals surface area contributed by atoms with Crippen molar-refractivity contribution in [1.82, 2.24) is 25.2 Å². The second kappa shape index (κ2) is 17.2. The van der Waals surface area contributed by atoms with Gasteiger partial charge in [-0.25, -0.2) is 22.6 Å². The van der Waals surface area contributed by atoms with Crippen molar-refractivity contribution in [3.05, 3.63) is 42.4 Å². The normalized spacial score (nSPS) is 28.1. The smallest absolute Gasteiger partial charge is 0.427 e. The maximum Gasteiger partial charge on any atom is 0.427 e. The zero-order valence-corrected chi connectivity index (χ0v) is 35.5. The van der Waals surface area contributed by atoms with Gasteiger partial charge in [0, 0.05) is 30.0 Å². The number of fused-ring (bicyclic) bond motifs is 3. The van der Waals surface area contributed by atoms with Gasteiger partial charge in [-0.3, -0.25) is 19.1 Å². The van der Waals surface area contributed by atoms with E-state index in [1.54, 1.807) is 19.1 Å². The predicted octanol–water partition coefficient (Wildman–Crippen LogP) is 4.66. The van der Waals surface area contributed by atoms with Crippen LogP contribution in [-0.2, 0) is 29.1 Å². The number of hydrogen-bond donors (Lipinski definition) is 4. The Balaban J connectivity index is 1.34. The maximum absolute atomic E-state index is 14.9. The van der Waals surface area contributed by atoms with Crippen LogP contribution in [0.5, 0.6) is 11.6 Å². The number of hydrogen-bond acceptors (Lipinski definition) is 11. The van der Waals surface area contributed by atoms with Gasteiger partial charge in [-0.05, 0) is 94.2 Å². The number of aromatic nitrogens is 1. The van der Waals surface area contributed by atoms with E-state index in [1.807, 2.05) is 13.0 Å². The number of nitrogens with one attached hydrogen (secondary N) is 3. The van der Waals surface area contributed by atoms with E-state index in [0.717, 1.165) is 0 Å². The van der Waals surface area contributed by atoms with Crippen LogP contribution in [0.1, 0.15) is 79.1 Å². The first kappa shape index (κ1) is 45.8. The van der Waals surface area contributed by atoms with Crippen molar-refractivity contribution in [2.45, 2.75) is 113 Å². The van der Waals surface area contributed by atoms with Gasteiger partial charge in [0.25, 0.3) is 5.91 Å². The minimum Gasteiger partial charge on any atom is -0.494 e. The van der Waals surface area contributed by atoms with E-state index in [1.165, 1.54) is 30.3 Å². The molecule has 3 heterocycles. The summed E-state index contributed by atoms with van der Waals surface area (Å²) in [5, 5.41) is 15.8. The van der Waals surface area contributed by atoms with Gasteiger partial charge in [0.2, 0.25) is 33.3 Å². The Labute approximate surface area is 351 Å². The lowest BCUT2D eigenvalue weighted by Crippen LogP contribution is -2.60. The molecule has 4 N–H and O–H groups in total. The van der Waals surface area contributed by atoms with E-state index in [0.29, 0.717) is 50.3 Å².